The van der Waals surface area contributed by atoms with Crippen LogP contribution in [0, 0.1) is 0 Å². The molecule has 0 saturated carbocycles. The molecule has 0 aliphatic rings. The average Bonchev–Trinajstić information content (AvgIpc) is 2.25. The summed E-state index contributed by atoms with van der Waals surface area (Å²) in [6.45, 7) is 8.86. The van der Waals surface area contributed by atoms with Crippen molar-refractivity contribution in [3.05, 3.63) is 29.8 Å². The van der Waals surface area contributed by atoms with Gasteiger partial charge in [0, 0.05) is 0 Å². The van der Waals surface area contributed by atoms with Gasteiger partial charge in [0.15, 0.2) is 9.84 Å². The molecular formula is C13H21NO2S. The lowest BCUT2D eigenvalue weighted by atomic mass is 9.87. The molecule has 1 aromatic rings. The summed E-state index contributed by atoms with van der Waals surface area (Å²) in [6, 6.07) is 7.15. The van der Waals surface area contributed by atoms with Crippen LogP contribution in [-0.4, -0.2) is 20.8 Å². The molecule has 0 amide bonds. The van der Waals surface area contributed by atoms with E-state index in [-0.39, 0.29) is 11.3 Å². The summed E-state index contributed by atoms with van der Waals surface area (Å²) >= 11 is 0. The third-order valence-corrected chi connectivity index (χ3v) is 4.20. The summed E-state index contributed by atoms with van der Waals surface area (Å²) in [5.41, 5.74) is 1.18. The van der Waals surface area contributed by atoms with Crippen molar-refractivity contribution >= 4 is 9.84 Å². The summed E-state index contributed by atoms with van der Waals surface area (Å²) in [5.74, 6) is -0.00162. The summed E-state index contributed by atoms with van der Waals surface area (Å²) in [7, 11) is -3.20. The van der Waals surface area contributed by atoms with Gasteiger partial charge in [-0.3, -0.25) is 0 Å². The second-order valence-electron chi connectivity index (χ2n) is 5.14. The van der Waals surface area contributed by atoms with Crippen LogP contribution in [0.1, 0.15) is 33.3 Å². The van der Waals surface area contributed by atoms with Crippen molar-refractivity contribution in [1.82, 2.24) is 5.32 Å². The summed E-state index contributed by atoms with van der Waals surface area (Å²) in [6.07, 6.45) is 0. The highest BCUT2D eigenvalue weighted by atomic mass is 32.2. The number of sulfone groups is 1. The van der Waals surface area contributed by atoms with Gasteiger partial charge in [-0.25, -0.2) is 8.42 Å². The maximum absolute atomic E-state index is 11.9. The molecule has 0 aliphatic carbocycles. The lowest BCUT2D eigenvalue weighted by Gasteiger charge is -2.19. The average molecular weight is 255 g/mol. The van der Waals surface area contributed by atoms with Crippen molar-refractivity contribution in [3.63, 3.8) is 0 Å². The van der Waals surface area contributed by atoms with E-state index in [0.717, 1.165) is 5.56 Å². The fraction of sp³-hybridized carbons (Fsp3) is 0.538. The molecule has 96 valence electrons. The minimum absolute atomic E-state index is 0.00162. The van der Waals surface area contributed by atoms with Crippen LogP contribution in [0.5, 0.6) is 0 Å². The predicted molar refractivity (Wildman–Crippen MR) is 70.9 cm³/mol. The van der Waals surface area contributed by atoms with Gasteiger partial charge in [-0.05, 0) is 29.7 Å². The first-order valence-corrected chi connectivity index (χ1v) is 7.46. The largest absolute Gasteiger partial charge is 0.304 e. The Morgan fingerprint density at radius 2 is 1.65 bits per heavy atom. The lowest BCUT2D eigenvalue weighted by Crippen LogP contribution is -2.23. The van der Waals surface area contributed by atoms with Crippen molar-refractivity contribution in [2.45, 2.75) is 38.0 Å². The maximum Gasteiger partial charge on any atom is 0.191 e. The molecule has 4 heteroatoms. The summed E-state index contributed by atoms with van der Waals surface area (Å²) < 4.78 is 23.8. The predicted octanol–water partition coefficient (Wildman–Crippen LogP) is 2.32. The molecular weight excluding hydrogens is 234 g/mol. The summed E-state index contributed by atoms with van der Waals surface area (Å²) in [4.78, 5) is 0.381. The minimum atomic E-state index is -3.20. The molecule has 0 bridgehead atoms. The van der Waals surface area contributed by atoms with Gasteiger partial charge in [0.25, 0.3) is 0 Å². The SMILES string of the molecule is CCNCS(=O)(=O)c1ccc(C(C)(C)C)cc1. The minimum Gasteiger partial charge on any atom is -0.304 e. The zero-order chi connectivity index (χ0) is 13.1. The number of hydrogen-bond donors (Lipinski definition) is 1. The molecule has 0 radical (unpaired) electrons. The Morgan fingerprint density at radius 1 is 1.12 bits per heavy atom. The quantitative estimate of drug-likeness (QED) is 0.898. The van der Waals surface area contributed by atoms with Crippen molar-refractivity contribution in [3.8, 4) is 0 Å². The Labute approximate surface area is 104 Å². The number of nitrogens with one attached hydrogen (secondary N) is 1. The Hall–Kier alpha value is -0.870. The zero-order valence-electron chi connectivity index (χ0n) is 10.9. The van der Waals surface area contributed by atoms with E-state index >= 15 is 0 Å². The van der Waals surface area contributed by atoms with Crippen molar-refractivity contribution in [1.29, 1.82) is 0 Å². The van der Waals surface area contributed by atoms with E-state index < -0.39 is 9.84 Å². The highest BCUT2D eigenvalue weighted by Gasteiger charge is 2.17. The third kappa shape index (κ3) is 3.82. The maximum atomic E-state index is 11.9. The molecule has 0 saturated heterocycles. The van der Waals surface area contributed by atoms with Gasteiger partial charge in [0.1, 0.15) is 5.88 Å². The van der Waals surface area contributed by atoms with Gasteiger partial charge < -0.3 is 5.32 Å². The second-order valence-corrected chi connectivity index (χ2v) is 7.13. The Kier molecular flexibility index (Phi) is 4.33. The smallest absolute Gasteiger partial charge is 0.191 e. The van der Waals surface area contributed by atoms with Crippen LogP contribution in [0.2, 0.25) is 0 Å². The Bertz CT molecular complexity index is 455. The molecule has 1 N–H and O–H groups in total. The summed E-state index contributed by atoms with van der Waals surface area (Å²) in [5, 5.41) is 2.84. The van der Waals surface area contributed by atoms with Crippen LogP contribution in [-0.2, 0) is 15.3 Å². The molecule has 1 rings (SSSR count). The molecule has 0 fully saturated rings. The van der Waals surface area contributed by atoms with Crippen molar-refractivity contribution in [2.75, 3.05) is 12.4 Å². The highest BCUT2D eigenvalue weighted by molar-refractivity contribution is 7.91. The third-order valence-electron chi connectivity index (χ3n) is 2.62. The van der Waals surface area contributed by atoms with Gasteiger partial charge in [0.2, 0.25) is 0 Å². The number of benzene rings is 1. The van der Waals surface area contributed by atoms with Crippen LogP contribution >= 0.6 is 0 Å². The molecule has 0 aliphatic heterocycles. The fourth-order valence-electron chi connectivity index (χ4n) is 1.48. The zero-order valence-corrected chi connectivity index (χ0v) is 11.8. The highest BCUT2D eigenvalue weighted by Crippen LogP contribution is 2.23. The first-order chi connectivity index (χ1) is 7.77. The molecule has 0 aromatic heterocycles. The van der Waals surface area contributed by atoms with Crippen LogP contribution in [0.3, 0.4) is 0 Å². The van der Waals surface area contributed by atoms with E-state index in [0.29, 0.717) is 11.4 Å². The molecule has 0 unspecified atom stereocenters. The lowest BCUT2D eigenvalue weighted by molar-refractivity contribution is 0.583. The first kappa shape index (κ1) is 14.2. The van der Waals surface area contributed by atoms with Gasteiger partial charge in [0.05, 0.1) is 4.90 Å². The molecule has 3 nitrogen and oxygen atoms in total. The van der Waals surface area contributed by atoms with Crippen molar-refractivity contribution < 1.29 is 8.42 Å². The van der Waals surface area contributed by atoms with E-state index in [1.54, 1.807) is 12.1 Å². The van der Waals surface area contributed by atoms with Crippen LogP contribution in [0.15, 0.2) is 29.2 Å². The van der Waals surface area contributed by atoms with Gasteiger partial charge in [-0.1, -0.05) is 39.8 Å². The topological polar surface area (TPSA) is 46.2 Å². The second kappa shape index (κ2) is 5.19. The molecule has 17 heavy (non-hydrogen) atoms. The van der Waals surface area contributed by atoms with E-state index in [1.807, 2.05) is 19.1 Å². The molecule has 0 atom stereocenters. The van der Waals surface area contributed by atoms with Crippen LogP contribution in [0.25, 0.3) is 0 Å². The Balaban J connectivity index is 2.95. The molecule has 0 heterocycles. The molecule has 0 spiro atoms. The number of hydrogen-bond acceptors (Lipinski definition) is 3. The van der Waals surface area contributed by atoms with Gasteiger partial charge in [-0.15, -0.1) is 0 Å². The first-order valence-electron chi connectivity index (χ1n) is 5.81. The Morgan fingerprint density at radius 3 is 2.06 bits per heavy atom. The van der Waals surface area contributed by atoms with E-state index in [1.165, 1.54) is 0 Å². The van der Waals surface area contributed by atoms with E-state index in [9.17, 15) is 8.42 Å². The monoisotopic (exact) mass is 255 g/mol. The normalized spacial score (nSPS) is 12.7. The number of rotatable bonds is 4. The van der Waals surface area contributed by atoms with E-state index in [4.69, 9.17) is 0 Å². The van der Waals surface area contributed by atoms with Crippen LogP contribution in [0.4, 0.5) is 0 Å². The van der Waals surface area contributed by atoms with Crippen molar-refractivity contribution in [2.24, 2.45) is 0 Å². The van der Waals surface area contributed by atoms with Crippen LogP contribution < -0.4 is 5.32 Å². The standard InChI is InChI=1S/C13H21NO2S/c1-5-14-10-17(15,16)12-8-6-11(7-9-12)13(2,3)4/h6-9,14H,5,10H2,1-4H3. The van der Waals surface area contributed by atoms with Gasteiger partial charge in [-0.2, -0.15) is 0 Å². The molecule has 1 aromatic carbocycles. The van der Waals surface area contributed by atoms with Gasteiger partial charge >= 0.3 is 0 Å². The van der Waals surface area contributed by atoms with E-state index in [2.05, 4.69) is 26.1 Å². The fourth-order valence-corrected chi connectivity index (χ4v) is 2.67.